The summed E-state index contributed by atoms with van der Waals surface area (Å²) in [5.74, 6) is 1.65. The van der Waals surface area contributed by atoms with E-state index in [1.165, 1.54) is 0 Å². The van der Waals surface area contributed by atoms with E-state index in [1.807, 2.05) is 43.4 Å². The molecule has 0 spiro atoms. The summed E-state index contributed by atoms with van der Waals surface area (Å²) in [6, 6.07) is 14.0. The third kappa shape index (κ3) is 2.24. The van der Waals surface area contributed by atoms with Crippen LogP contribution in [0.15, 0.2) is 48.8 Å². The third-order valence-electron chi connectivity index (χ3n) is 3.90. The van der Waals surface area contributed by atoms with Gasteiger partial charge >= 0.3 is 0 Å². The van der Waals surface area contributed by atoms with Gasteiger partial charge in [0.15, 0.2) is 5.82 Å². The molecule has 1 N–H and O–H groups in total. The number of fused-ring (bicyclic) bond motifs is 1. The number of benzene rings is 2. The second kappa shape index (κ2) is 5.24. The number of ether oxygens (including phenoxy) is 1. The van der Waals surface area contributed by atoms with Gasteiger partial charge in [-0.1, -0.05) is 0 Å². The summed E-state index contributed by atoms with van der Waals surface area (Å²) in [7, 11) is 3.54. The Hall–Kier alpha value is -3.15. The van der Waals surface area contributed by atoms with Crippen LogP contribution in [0.3, 0.4) is 0 Å². The predicted octanol–water partition coefficient (Wildman–Crippen LogP) is 3.03. The topological polar surface area (TPSA) is 68.6 Å². The van der Waals surface area contributed by atoms with Gasteiger partial charge in [0.25, 0.3) is 0 Å². The van der Waals surface area contributed by atoms with Crippen LogP contribution in [-0.4, -0.2) is 32.1 Å². The predicted molar refractivity (Wildman–Crippen MR) is 88.1 cm³/mol. The Morgan fingerprint density at radius 3 is 2.52 bits per heavy atom. The van der Waals surface area contributed by atoms with Crippen LogP contribution >= 0.6 is 0 Å². The molecule has 0 saturated carbocycles. The molecule has 0 aliphatic carbocycles. The Balaban J connectivity index is 1.85. The third-order valence-corrected chi connectivity index (χ3v) is 3.90. The van der Waals surface area contributed by atoms with E-state index in [-0.39, 0.29) is 0 Å². The lowest BCUT2D eigenvalue weighted by Crippen LogP contribution is -1.94. The highest BCUT2D eigenvalue weighted by atomic mass is 16.5. The maximum absolute atomic E-state index is 5.21. The molecule has 0 unspecified atom stereocenters. The highest BCUT2D eigenvalue weighted by Crippen LogP contribution is 2.30. The fraction of sp³-hybridized carbons (Fsp3) is 0.118. The average molecular weight is 305 g/mol. The van der Waals surface area contributed by atoms with Crippen molar-refractivity contribution >= 4 is 10.9 Å². The second-order valence-electron chi connectivity index (χ2n) is 5.27. The SMILES string of the molecule is COc1ccc(-c2n[nH]c3ccc(-c4ncnn4C)cc23)cc1. The molecule has 4 rings (SSSR count). The van der Waals surface area contributed by atoms with E-state index in [4.69, 9.17) is 4.74 Å². The van der Waals surface area contributed by atoms with E-state index in [0.29, 0.717) is 0 Å². The molecule has 114 valence electrons. The first kappa shape index (κ1) is 13.5. The average Bonchev–Trinajstić information content (AvgIpc) is 3.20. The first-order valence-electron chi connectivity index (χ1n) is 7.23. The molecule has 2 aromatic heterocycles. The molecule has 6 heteroatoms. The highest BCUT2D eigenvalue weighted by molar-refractivity contribution is 5.95. The minimum absolute atomic E-state index is 0.827. The first-order chi connectivity index (χ1) is 11.3. The Bertz CT molecular complexity index is 968. The molecule has 0 aliphatic heterocycles. The van der Waals surface area contributed by atoms with Gasteiger partial charge in [-0.25, -0.2) is 9.67 Å². The van der Waals surface area contributed by atoms with E-state index in [1.54, 1.807) is 18.1 Å². The van der Waals surface area contributed by atoms with Crippen molar-refractivity contribution < 1.29 is 4.74 Å². The first-order valence-corrected chi connectivity index (χ1v) is 7.23. The van der Waals surface area contributed by atoms with Crippen LogP contribution in [0.5, 0.6) is 5.75 Å². The van der Waals surface area contributed by atoms with Crippen molar-refractivity contribution in [1.82, 2.24) is 25.0 Å². The van der Waals surface area contributed by atoms with Gasteiger partial charge in [0.2, 0.25) is 0 Å². The van der Waals surface area contributed by atoms with Crippen LogP contribution in [0, 0.1) is 0 Å². The zero-order valence-electron chi connectivity index (χ0n) is 12.8. The smallest absolute Gasteiger partial charge is 0.157 e. The molecule has 0 bridgehead atoms. The van der Waals surface area contributed by atoms with Crippen LogP contribution in [0.2, 0.25) is 0 Å². The van der Waals surface area contributed by atoms with Crippen molar-refractivity contribution in [3.8, 4) is 28.4 Å². The van der Waals surface area contributed by atoms with Gasteiger partial charge in [-0.3, -0.25) is 5.10 Å². The van der Waals surface area contributed by atoms with Gasteiger partial charge in [0, 0.05) is 23.6 Å². The summed E-state index contributed by atoms with van der Waals surface area (Å²) in [5, 5.41) is 12.7. The quantitative estimate of drug-likeness (QED) is 0.631. The van der Waals surface area contributed by atoms with Gasteiger partial charge in [-0.2, -0.15) is 10.2 Å². The molecule has 0 saturated heterocycles. The molecule has 6 nitrogen and oxygen atoms in total. The van der Waals surface area contributed by atoms with E-state index >= 15 is 0 Å². The molecular weight excluding hydrogens is 290 g/mol. The summed E-state index contributed by atoms with van der Waals surface area (Å²) in [6.07, 6.45) is 1.55. The van der Waals surface area contributed by atoms with Gasteiger partial charge in [-0.05, 0) is 42.5 Å². The summed E-state index contributed by atoms with van der Waals surface area (Å²) in [5.41, 5.74) is 3.94. The monoisotopic (exact) mass is 305 g/mol. The number of aryl methyl sites for hydroxylation is 1. The molecule has 0 aliphatic rings. The fourth-order valence-electron chi connectivity index (χ4n) is 2.68. The van der Waals surface area contributed by atoms with Gasteiger partial charge < -0.3 is 4.74 Å². The number of hydrogen-bond acceptors (Lipinski definition) is 4. The summed E-state index contributed by atoms with van der Waals surface area (Å²) < 4.78 is 6.97. The van der Waals surface area contributed by atoms with Crippen molar-refractivity contribution in [2.24, 2.45) is 7.05 Å². The van der Waals surface area contributed by atoms with Gasteiger partial charge in [0.1, 0.15) is 12.1 Å². The summed E-state index contributed by atoms with van der Waals surface area (Å²) in [4.78, 5) is 4.31. The van der Waals surface area contributed by atoms with Crippen LogP contribution in [0.25, 0.3) is 33.5 Å². The molecule has 2 aromatic carbocycles. The normalized spacial score (nSPS) is 11.0. The number of rotatable bonds is 3. The molecule has 2 heterocycles. The second-order valence-corrected chi connectivity index (χ2v) is 5.27. The number of nitrogens with one attached hydrogen (secondary N) is 1. The zero-order valence-corrected chi connectivity index (χ0v) is 12.8. The number of methoxy groups -OCH3 is 1. The molecule has 0 fully saturated rings. The minimum Gasteiger partial charge on any atom is -0.497 e. The zero-order chi connectivity index (χ0) is 15.8. The number of aromatic amines is 1. The Labute approximate surface area is 132 Å². The lowest BCUT2D eigenvalue weighted by Gasteiger charge is -2.03. The van der Waals surface area contributed by atoms with Crippen LogP contribution in [0.1, 0.15) is 0 Å². The fourth-order valence-corrected chi connectivity index (χ4v) is 2.68. The minimum atomic E-state index is 0.827. The van der Waals surface area contributed by atoms with E-state index in [9.17, 15) is 0 Å². The van der Waals surface area contributed by atoms with Crippen LogP contribution < -0.4 is 4.74 Å². The number of aromatic nitrogens is 5. The molecule has 0 atom stereocenters. The number of nitrogens with zero attached hydrogens (tertiary/aromatic N) is 4. The lowest BCUT2D eigenvalue weighted by molar-refractivity contribution is 0.415. The largest absolute Gasteiger partial charge is 0.497 e. The summed E-state index contributed by atoms with van der Waals surface area (Å²) >= 11 is 0. The molecule has 0 radical (unpaired) electrons. The van der Waals surface area contributed by atoms with Crippen molar-refractivity contribution in [3.05, 3.63) is 48.8 Å². The Morgan fingerprint density at radius 1 is 1.04 bits per heavy atom. The number of H-pyrrole nitrogens is 1. The standard InChI is InChI=1S/C17H15N5O/c1-22-17(18-10-19-22)12-5-8-15-14(9-12)16(21-20-15)11-3-6-13(23-2)7-4-11/h3-10H,1-2H3,(H,20,21). The summed E-state index contributed by atoms with van der Waals surface area (Å²) in [6.45, 7) is 0. The molecular formula is C17H15N5O. The lowest BCUT2D eigenvalue weighted by atomic mass is 10.1. The van der Waals surface area contributed by atoms with Gasteiger partial charge in [-0.15, -0.1) is 0 Å². The van der Waals surface area contributed by atoms with E-state index in [0.717, 1.165) is 39.3 Å². The molecule has 0 amide bonds. The van der Waals surface area contributed by atoms with Crippen molar-refractivity contribution in [2.45, 2.75) is 0 Å². The van der Waals surface area contributed by atoms with Gasteiger partial charge in [0.05, 0.1) is 18.3 Å². The van der Waals surface area contributed by atoms with Crippen LogP contribution in [0.4, 0.5) is 0 Å². The maximum Gasteiger partial charge on any atom is 0.157 e. The van der Waals surface area contributed by atoms with E-state index < -0.39 is 0 Å². The van der Waals surface area contributed by atoms with Crippen LogP contribution in [-0.2, 0) is 7.05 Å². The van der Waals surface area contributed by atoms with E-state index in [2.05, 4.69) is 26.3 Å². The Kier molecular flexibility index (Phi) is 3.08. The van der Waals surface area contributed by atoms with Crippen molar-refractivity contribution in [3.63, 3.8) is 0 Å². The highest BCUT2D eigenvalue weighted by Gasteiger charge is 2.11. The molecule has 23 heavy (non-hydrogen) atoms. The molecule has 4 aromatic rings. The van der Waals surface area contributed by atoms with Crippen molar-refractivity contribution in [2.75, 3.05) is 7.11 Å². The maximum atomic E-state index is 5.21. The number of hydrogen-bond donors (Lipinski definition) is 1. The van der Waals surface area contributed by atoms with Crippen molar-refractivity contribution in [1.29, 1.82) is 0 Å². The Morgan fingerprint density at radius 2 is 1.83 bits per heavy atom.